The van der Waals surface area contributed by atoms with Gasteiger partial charge >= 0.3 is 0 Å². The summed E-state index contributed by atoms with van der Waals surface area (Å²) in [5.41, 5.74) is 0.504. The molecule has 2 atom stereocenters. The van der Waals surface area contributed by atoms with Gasteiger partial charge in [0.15, 0.2) is 5.78 Å². The fourth-order valence-corrected chi connectivity index (χ4v) is 0.838. The van der Waals surface area contributed by atoms with Crippen molar-refractivity contribution in [2.24, 2.45) is 0 Å². The van der Waals surface area contributed by atoms with Gasteiger partial charge in [-0.3, -0.25) is 4.79 Å². The van der Waals surface area contributed by atoms with Gasteiger partial charge in [-0.1, -0.05) is 6.58 Å². The zero-order chi connectivity index (χ0) is 10.4. The summed E-state index contributed by atoms with van der Waals surface area (Å²) < 4.78 is 5.21. The zero-order valence-electron chi connectivity index (χ0n) is 8.54. The smallest absolute Gasteiger partial charge is 0.186 e. The molecule has 0 saturated heterocycles. The number of hydrogen-bond acceptors (Lipinski definition) is 3. The monoisotopic (exact) mass is 186 g/mol. The number of hydrogen-bond donors (Lipinski definition) is 1. The summed E-state index contributed by atoms with van der Waals surface area (Å²) >= 11 is 0. The predicted molar refractivity (Wildman–Crippen MR) is 51.5 cm³/mol. The molecule has 0 aromatic rings. The Kier molecular flexibility index (Phi) is 5.58. The molecule has 3 heteroatoms. The molecule has 0 aliphatic carbocycles. The average Bonchev–Trinajstić information content (AvgIpc) is 2.02. The van der Waals surface area contributed by atoms with Crippen molar-refractivity contribution in [3.63, 3.8) is 0 Å². The Morgan fingerprint density at radius 1 is 1.54 bits per heavy atom. The molecule has 0 aliphatic heterocycles. The third kappa shape index (κ3) is 5.55. The quantitative estimate of drug-likeness (QED) is 0.636. The first-order chi connectivity index (χ1) is 5.95. The molecular formula is C10H18O3. The molecule has 0 fully saturated rings. The van der Waals surface area contributed by atoms with Gasteiger partial charge in [-0.25, -0.2) is 0 Å². The lowest BCUT2D eigenvalue weighted by molar-refractivity contribution is -0.126. The number of ether oxygens (including phenoxy) is 1. The Balaban J connectivity index is 3.68. The summed E-state index contributed by atoms with van der Waals surface area (Å²) in [6.07, 6.45) is -0.281. The van der Waals surface area contributed by atoms with Crippen molar-refractivity contribution >= 4 is 5.78 Å². The molecule has 0 heterocycles. The molecule has 2 unspecified atom stereocenters. The van der Waals surface area contributed by atoms with Gasteiger partial charge in [0.1, 0.15) is 6.10 Å². The van der Waals surface area contributed by atoms with E-state index in [1.54, 1.807) is 20.8 Å². The van der Waals surface area contributed by atoms with Gasteiger partial charge in [-0.15, -0.1) is 0 Å². The normalized spacial score (nSPS) is 15.1. The number of ketones is 1. The van der Waals surface area contributed by atoms with E-state index < -0.39 is 6.10 Å². The standard InChI is InChI=1S/C10H18O3/c1-7(2)10(12)9(4)13-6-5-8(3)11/h8-9,11H,1,5-6H2,2-4H3. The van der Waals surface area contributed by atoms with Crippen LogP contribution in [0.2, 0.25) is 0 Å². The van der Waals surface area contributed by atoms with Crippen LogP contribution in [0.4, 0.5) is 0 Å². The average molecular weight is 186 g/mol. The largest absolute Gasteiger partial charge is 0.393 e. The van der Waals surface area contributed by atoms with Crippen LogP contribution < -0.4 is 0 Å². The van der Waals surface area contributed by atoms with Gasteiger partial charge in [0.25, 0.3) is 0 Å². The summed E-state index contributed by atoms with van der Waals surface area (Å²) in [5, 5.41) is 8.93. The van der Waals surface area contributed by atoms with Crippen LogP contribution >= 0.6 is 0 Å². The molecule has 0 rings (SSSR count). The molecule has 13 heavy (non-hydrogen) atoms. The molecule has 0 aliphatic rings. The van der Waals surface area contributed by atoms with Crippen LogP contribution in [0, 0.1) is 0 Å². The highest BCUT2D eigenvalue weighted by Crippen LogP contribution is 2.02. The molecule has 0 saturated carbocycles. The molecule has 76 valence electrons. The van der Waals surface area contributed by atoms with Crippen molar-refractivity contribution in [1.29, 1.82) is 0 Å². The van der Waals surface area contributed by atoms with E-state index in [0.717, 1.165) is 0 Å². The first-order valence-corrected chi connectivity index (χ1v) is 4.44. The highest BCUT2D eigenvalue weighted by Gasteiger charge is 2.13. The van der Waals surface area contributed by atoms with E-state index in [2.05, 4.69) is 6.58 Å². The second-order valence-corrected chi connectivity index (χ2v) is 3.30. The first-order valence-electron chi connectivity index (χ1n) is 4.44. The predicted octanol–water partition coefficient (Wildman–Crippen LogP) is 1.31. The van der Waals surface area contributed by atoms with Crippen LogP contribution in [0.15, 0.2) is 12.2 Å². The Labute approximate surface area is 79.4 Å². The van der Waals surface area contributed by atoms with Crippen molar-refractivity contribution in [2.45, 2.75) is 39.4 Å². The highest BCUT2D eigenvalue weighted by molar-refractivity contribution is 5.97. The molecule has 0 radical (unpaired) electrons. The first kappa shape index (κ1) is 12.3. The van der Waals surface area contributed by atoms with Gasteiger partial charge in [0.05, 0.1) is 6.10 Å². The van der Waals surface area contributed by atoms with E-state index in [4.69, 9.17) is 9.84 Å². The van der Waals surface area contributed by atoms with Crippen LogP contribution in [0.5, 0.6) is 0 Å². The van der Waals surface area contributed by atoms with Gasteiger partial charge in [0, 0.05) is 6.61 Å². The van der Waals surface area contributed by atoms with Crippen LogP contribution in [-0.4, -0.2) is 29.7 Å². The minimum atomic E-state index is -0.448. The van der Waals surface area contributed by atoms with Crippen molar-refractivity contribution in [3.05, 3.63) is 12.2 Å². The fraction of sp³-hybridized carbons (Fsp3) is 0.700. The third-order valence-electron chi connectivity index (χ3n) is 1.69. The lowest BCUT2D eigenvalue weighted by Gasteiger charge is -2.12. The minimum absolute atomic E-state index is 0.0782. The van der Waals surface area contributed by atoms with E-state index in [-0.39, 0.29) is 11.9 Å². The topological polar surface area (TPSA) is 46.5 Å². The van der Waals surface area contributed by atoms with Crippen molar-refractivity contribution in [3.8, 4) is 0 Å². The summed E-state index contributed by atoms with van der Waals surface area (Å²) in [5.74, 6) is -0.0782. The molecule has 0 spiro atoms. The SMILES string of the molecule is C=C(C)C(=O)C(C)OCCC(C)O. The molecule has 3 nitrogen and oxygen atoms in total. The molecule has 0 bridgehead atoms. The number of carbonyl (C=O) groups is 1. The minimum Gasteiger partial charge on any atom is -0.393 e. The zero-order valence-corrected chi connectivity index (χ0v) is 8.54. The maximum Gasteiger partial charge on any atom is 0.186 e. The van der Waals surface area contributed by atoms with Crippen LogP contribution in [0.3, 0.4) is 0 Å². The summed E-state index contributed by atoms with van der Waals surface area (Å²) in [4.78, 5) is 11.2. The Bertz CT molecular complexity index is 185. The molecule has 0 aromatic carbocycles. The molecule has 0 amide bonds. The van der Waals surface area contributed by atoms with Gasteiger partial charge in [-0.2, -0.15) is 0 Å². The lowest BCUT2D eigenvalue weighted by Crippen LogP contribution is -2.22. The number of rotatable bonds is 6. The van der Waals surface area contributed by atoms with Crippen LogP contribution in [0.1, 0.15) is 27.2 Å². The fourth-order valence-electron chi connectivity index (χ4n) is 0.838. The molecule has 1 N–H and O–H groups in total. The van der Waals surface area contributed by atoms with Gasteiger partial charge in [0.2, 0.25) is 0 Å². The van der Waals surface area contributed by atoms with E-state index in [9.17, 15) is 4.79 Å². The van der Waals surface area contributed by atoms with Crippen LogP contribution in [0.25, 0.3) is 0 Å². The second-order valence-electron chi connectivity index (χ2n) is 3.30. The maximum atomic E-state index is 11.2. The Morgan fingerprint density at radius 2 is 2.08 bits per heavy atom. The van der Waals surface area contributed by atoms with E-state index in [1.165, 1.54) is 0 Å². The number of aliphatic hydroxyl groups excluding tert-OH is 1. The highest BCUT2D eigenvalue weighted by atomic mass is 16.5. The third-order valence-corrected chi connectivity index (χ3v) is 1.69. The van der Waals surface area contributed by atoms with Crippen molar-refractivity contribution in [1.82, 2.24) is 0 Å². The van der Waals surface area contributed by atoms with E-state index >= 15 is 0 Å². The molecule has 0 aromatic heterocycles. The van der Waals surface area contributed by atoms with E-state index in [0.29, 0.717) is 18.6 Å². The Morgan fingerprint density at radius 3 is 2.46 bits per heavy atom. The van der Waals surface area contributed by atoms with Crippen molar-refractivity contribution < 1.29 is 14.6 Å². The summed E-state index contributed by atoms with van der Waals surface area (Å²) in [7, 11) is 0. The van der Waals surface area contributed by atoms with Gasteiger partial charge < -0.3 is 9.84 Å². The van der Waals surface area contributed by atoms with Crippen molar-refractivity contribution in [2.75, 3.05) is 6.61 Å². The number of carbonyl (C=O) groups excluding carboxylic acids is 1. The second kappa shape index (κ2) is 5.89. The lowest BCUT2D eigenvalue weighted by atomic mass is 10.1. The number of aliphatic hydroxyl groups is 1. The summed E-state index contributed by atoms with van der Waals surface area (Å²) in [6, 6.07) is 0. The maximum absolute atomic E-state index is 11.2. The molecular weight excluding hydrogens is 168 g/mol. The summed E-state index contributed by atoms with van der Waals surface area (Å²) in [6.45, 7) is 8.99. The van der Waals surface area contributed by atoms with E-state index in [1.807, 2.05) is 0 Å². The number of Topliss-reactive ketones (excluding diaryl/α,β-unsaturated/α-hetero) is 1. The van der Waals surface area contributed by atoms with Gasteiger partial charge in [-0.05, 0) is 32.8 Å². The van der Waals surface area contributed by atoms with Crippen LogP contribution in [-0.2, 0) is 9.53 Å². The Hall–Kier alpha value is -0.670.